The summed E-state index contributed by atoms with van der Waals surface area (Å²) < 4.78 is 22.5. The van der Waals surface area contributed by atoms with Gasteiger partial charge in [0.1, 0.15) is 11.9 Å². The van der Waals surface area contributed by atoms with Gasteiger partial charge in [-0.1, -0.05) is 30.3 Å². The fourth-order valence-corrected chi connectivity index (χ4v) is 4.17. The molecule has 2 heterocycles. The molecule has 2 aromatic carbocycles. The van der Waals surface area contributed by atoms with Gasteiger partial charge >= 0.3 is 0 Å². The van der Waals surface area contributed by atoms with E-state index in [4.69, 9.17) is 18.9 Å². The van der Waals surface area contributed by atoms with Crippen molar-refractivity contribution < 1.29 is 23.7 Å². The van der Waals surface area contributed by atoms with E-state index in [0.29, 0.717) is 50.6 Å². The lowest BCUT2D eigenvalue weighted by atomic mass is 10.1. The van der Waals surface area contributed by atoms with Crippen LogP contribution in [0, 0.1) is 0 Å². The quantitative estimate of drug-likeness (QED) is 0.408. The second-order valence-corrected chi connectivity index (χ2v) is 8.51. The SMILES string of the molecule is COc1ccccc1CCC(=O)N(Cc1cccnc1)Cc1ccc(OC2CCOC2)c(OC)c1. The summed E-state index contributed by atoms with van der Waals surface area (Å²) in [5.74, 6) is 2.19. The maximum absolute atomic E-state index is 13.4. The molecule has 1 amide bonds. The number of aryl methyl sites for hydroxylation is 1. The molecular formula is C28H32N2O5. The Hall–Kier alpha value is -3.58. The first-order valence-corrected chi connectivity index (χ1v) is 11.9. The molecule has 1 aromatic heterocycles. The topological polar surface area (TPSA) is 70.1 Å². The van der Waals surface area contributed by atoms with Gasteiger partial charge in [-0.05, 0) is 47.4 Å². The van der Waals surface area contributed by atoms with E-state index in [9.17, 15) is 4.79 Å². The van der Waals surface area contributed by atoms with E-state index in [1.54, 1.807) is 26.6 Å². The van der Waals surface area contributed by atoms with E-state index >= 15 is 0 Å². The van der Waals surface area contributed by atoms with Gasteiger partial charge in [0.2, 0.25) is 5.91 Å². The molecule has 0 aliphatic carbocycles. The van der Waals surface area contributed by atoms with Crippen LogP contribution in [0.15, 0.2) is 67.0 Å². The minimum absolute atomic E-state index is 0.0355. The molecule has 1 aliphatic rings. The lowest BCUT2D eigenvalue weighted by molar-refractivity contribution is -0.132. The number of rotatable bonds is 11. The maximum atomic E-state index is 13.4. The van der Waals surface area contributed by atoms with Crippen LogP contribution in [0.3, 0.4) is 0 Å². The number of aromatic nitrogens is 1. The van der Waals surface area contributed by atoms with Crippen LogP contribution >= 0.6 is 0 Å². The van der Waals surface area contributed by atoms with Crippen molar-refractivity contribution in [3.63, 3.8) is 0 Å². The Morgan fingerprint density at radius 1 is 1.00 bits per heavy atom. The maximum Gasteiger partial charge on any atom is 0.223 e. The molecule has 7 nitrogen and oxygen atoms in total. The number of hydrogen-bond donors (Lipinski definition) is 0. The zero-order chi connectivity index (χ0) is 24.5. The minimum Gasteiger partial charge on any atom is -0.496 e. The van der Waals surface area contributed by atoms with Crippen LogP contribution in [0.25, 0.3) is 0 Å². The number of hydrogen-bond acceptors (Lipinski definition) is 6. The minimum atomic E-state index is 0.0355. The van der Waals surface area contributed by atoms with Gasteiger partial charge in [-0.2, -0.15) is 0 Å². The second-order valence-electron chi connectivity index (χ2n) is 8.51. The van der Waals surface area contributed by atoms with Gasteiger partial charge in [-0.15, -0.1) is 0 Å². The summed E-state index contributed by atoms with van der Waals surface area (Å²) in [5.41, 5.74) is 2.96. The second kappa shape index (κ2) is 12.2. The molecule has 1 saturated heterocycles. The monoisotopic (exact) mass is 476 g/mol. The summed E-state index contributed by atoms with van der Waals surface area (Å²) in [4.78, 5) is 19.4. The molecule has 0 saturated carbocycles. The predicted molar refractivity (Wildman–Crippen MR) is 133 cm³/mol. The number of carbonyl (C=O) groups excluding carboxylic acids is 1. The van der Waals surface area contributed by atoms with Gasteiger partial charge < -0.3 is 23.8 Å². The Morgan fingerprint density at radius 2 is 1.83 bits per heavy atom. The van der Waals surface area contributed by atoms with Crippen LogP contribution in [0.1, 0.15) is 29.5 Å². The standard InChI is InChI=1S/C28H32N2O5/c1-32-25-8-4-3-7-23(25)10-12-28(31)30(19-22-6-5-14-29-17-22)18-21-9-11-26(27(16-21)33-2)35-24-13-15-34-20-24/h3-9,11,14,16-17,24H,10,12-13,15,18-20H2,1-2H3. The number of carbonyl (C=O) groups is 1. The summed E-state index contributed by atoms with van der Waals surface area (Å²) in [6.45, 7) is 2.22. The van der Waals surface area contributed by atoms with Crippen LogP contribution in [0.5, 0.6) is 17.2 Å². The molecule has 184 valence electrons. The van der Waals surface area contributed by atoms with Gasteiger partial charge in [0.05, 0.1) is 27.4 Å². The molecular weight excluding hydrogens is 444 g/mol. The third-order valence-corrected chi connectivity index (χ3v) is 6.03. The van der Waals surface area contributed by atoms with Gasteiger partial charge in [0.15, 0.2) is 11.5 Å². The molecule has 1 atom stereocenters. The molecule has 1 fully saturated rings. The number of para-hydroxylation sites is 1. The van der Waals surface area contributed by atoms with Crippen LogP contribution in [0.4, 0.5) is 0 Å². The van der Waals surface area contributed by atoms with Gasteiger partial charge in [-0.3, -0.25) is 9.78 Å². The van der Waals surface area contributed by atoms with Crippen molar-refractivity contribution >= 4 is 5.91 Å². The molecule has 1 aliphatic heterocycles. The first kappa shape index (κ1) is 24.5. The average Bonchev–Trinajstić information content (AvgIpc) is 3.41. The number of benzene rings is 2. The van der Waals surface area contributed by atoms with Crippen molar-refractivity contribution in [2.75, 3.05) is 27.4 Å². The lowest BCUT2D eigenvalue weighted by Gasteiger charge is -2.24. The predicted octanol–water partition coefficient (Wildman–Crippen LogP) is 4.43. The third-order valence-electron chi connectivity index (χ3n) is 6.03. The average molecular weight is 477 g/mol. The molecule has 0 spiro atoms. The Balaban J connectivity index is 1.49. The molecule has 1 unspecified atom stereocenters. The molecule has 35 heavy (non-hydrogen) atoms. The van der Waals surface area contributed by atoms with Crippen molar-refractivity contribution in [3.8, 4) is 17.2 Å². The zero-order valence-corrected chi connectivity index (χ0v) is 20.3. The van der Waals surface area contributed by atoms with Crippen LogP contribution < -0.4 is 14.2 Å². The number of methoxy groups -OCH3 is 2. The fourth-order valence-electron chi connectivity index (χ4n) is 4.17. The Labute approximate surface area is 206 Å². The van der Waals surface area contributed by atoms with Gasteiger partial charge in [0, 0.05) is 38.3 Å². The summed E-state index contributed by atoms with van der Waals surface area (Å²) in [6, 6.07) is 17.5. The first-order chi connectivity index (χ1) is 17.2. The zero-order valence-electron chi connectivity index (χ0n) is 20.3. The Morgan fingerprint density at radius 3 is 2.57 bits per heavy atom. The summed E-state index contributed by atoms with van der Waals surface area (Å²) in [5, 5.41) is 0. The van der Waals surface area contributed by atoms with Crippen LogP contribution in [-0.2, 0) is 29.0 Å². The van der Waals surface area contributed by atoms with E-state index < -0.39 is 0 Å². The van der Waals surface area contributed by atoms with Gasteiger partial charge in [-0.25, -0.2) is 0 Å². The number of nitrogens with zero attached hydrogens (tertiary/aromatic N) is 2. The molecule has 4 rings (SSSR count). The van der Waals surface area contributed by atoms with Crippen LogP contribution in [-0.4, -0.2) is 49.3 Å². The number of amides is 1. The Kier molecular flexibility index (Phi) is 8.57. The smallest absolute Gasteiger partial charge is 0.223 e. The van der Waals surface area contributed by atoms with Crippen molar-refractivity contribution in [2.45, 2.75) is 38.5 Å². The summed E-state index contributed by atoms with van der Waals surface area (Å²) >= 11 is 0. The van der Waals surface area contributed by atoms with Crippen molar-refractivity contribution in [2.24, 2.45) is 0 Å². The normalized spacial score (nSPS) is 15.0. The fraction of sp³-hybridized carbons (Fsp3) is 0.357. The molecule has 0 radical (unpaired) electrons. The van der Waals surface area contributed by atoms with Crippen LogP contribution in [0.2, 0.25) is 0 Å². The van der Waals surface area contributed by atoms with Crippen molar-refractivity contribution in [3.05, 3.63) is 83.7 Å². The first-order valence-electron chi connectivity index (χ1n) is 11.9. The molecule has 7 heteroatoms. The van der Waals surface area contributed by atoms with E-state index in [1.165, 1.54) is 0 Å². The highest BCUT2D eigenvalue weighted by Crippen LogP contribution is 2.31. The van der Waals surface area contributed by atoms with E-state index in [1.807, 2.05) is 59.5 Å². The lowest BCUT2D eigenvalue weighted by Crippen LogP contribution is -2.30. The Bertz CT molecular complexity index is 1100. The number of pyridine rings is 1. The van der Waals surface area contributed by atoms with Gasteiger partial charge in [0.25, 0.3) is 0 Å². The van der Waals surface area contributed by atoms with E-state index in [2.05, 4.69) is 4.98 Å². The molecule has 0 bridgehead atoms. The van der Waals surface area contributed by atoms with Crippen molar-refractivity contribution in [1.29, 1.82) is 0 Å². The molecule has 3 aromatic rings. The third kappa shape index (κ3) is 6.73. The largest absolute Gasteiger partial charge is 0.496 e. The number of ether oxygens (including phenoxy) is 4. The van der Waals surface area contributed by atoms with E-state index in [-0.39, 0.29) is 12.0 Å². The summed E-state index contributed by atoms with van der Waals surface area (Å²) in [6.07, 6.45) is 5.41. The highest BCUT2D eigenvalue weighted by atomic mass is 16.6. The summed E-state index contributed by atoms with van der Waals surface area (Å²) in [7, 11) is 3.28. The van der Waals surface area contributed by atoms with E-state index in [0.717, 1.165) is 28.9 Å². The van der Waals surface area contributed by atoms with Crippen molar-refractivity contribution in [1.82, 2.24) is 9.88 Å². The highest BCUT2D eigenvalue weighted by molar-refractivity contribution is 5.76. The highest BCUT2D eigenvalue weighted by Gasteiger charge is 2.20. The molecule has 0 N–H and O–H groups in total.